The Balaban J connectivity index is 0.00000288. The van der Waals surface area contributed by atoms with Crippen LogP contribution in [-0.4, -0.2) is 43.0 Å². The van der Waals surface area contributed by atoms with Crippen molar-refractivity contribution < 1.29 is 9.59 Å². The van der Waals surface area contributed by atoms with E-state index in [1.54, 1.807) is 0 Å². The maximum absolute atomic E-state index is 12.5. The minimum absolute atomic E-state index is 0. The summed E-state index contributed by atoms with van der Waals surface area (Å²) < 4.78 is 0. The van der Waals surface area contributed by atoms with E-state index in [4.69, 9.17) is 17.3 Å². The lowest BCUT2D eigenvalue weighted by Gasteiger charge is -2.36. The summed E-state index contributed by atoms with van der Waals surface area (Å²) in [6.45, 7) is 2.72. The topological polar surface area (TPSA) is 87.5 Å². The third-order valence-corrected chi connectivity index (χ3v) is 4.15. The van der Waals surface area contributed by atoms with Crippen LogP contribution in [0, 0.1) is 0 Å². The second kappa shape index (κ2) is 10.4. The van der Waals surface area contributed by atoms with Gasteiger partial charge in [0.2, 0.25) is 5.91 Å². The van der Waals surface area contributed by atoms with Crippen LogP contribution in [0.1, 0.15) is 30.9 Å². The Hall–Kier alpha value is -1.50. The molecule has 6 nitrogen and oxygen atoms in total. The summed E-state index contributed by atoms with van der Waals surface area (Å²) in [7, 11) is 0. The van der Waals surface area contributed by atoms with Gasteiger partial charge in [0.05, 0.1) is 6.04 Å². The van der Waals surface area contributed by atoms with Crippen molar-refractivity contribution in [2.75, 3.05) is 26.2 Å². The highest BCUT2D eigenvalue weighted by Gasteiger charge is 2.27. The van der Waals surface area contributed by atoms with Crippen LogP contribution in [0.15, 0.2) is 24.3 Å². The molecule has 24 heavy (non-hydrogen) atoms. The number of nitrogens with zero attached hydrogens (tertiary/aromatic N) is 1. The van der Waals surface area contributed by atoms with Crippen LogP contribution in [0.25, 0.3) is 0 Å². The van der Waals surface area contributed by atoms with Gasteiger partial charge in [0, 0.05) is 37.6 Å². The number of benzene rings is 1. The van der Waals surface area contributed by atoms with Crippen molar-refractivity contribution in [3.8, 4) is 0 Å². The SMILES string of the molecule is Cl.NC(=O)NCCCCC(=O)N1CCNCC1c1cccc(Cl)c1. The Labute approximate surface area is 153 Å². The summed E-state index contributed by atoms with van der Waals surface area (Å²) in [5.74, 6) is 0.135. The van der Waals surface area contributed by atoms with E-state index in [2.05, 4.69) is 10.6 Å². The third kappa shape index (κ3) is 6.19. The fraction of sp³-hybridized carbons (Fsp3) is 0.500. The van der Waals surface area contributed by atoms with Gasteiger partial charge in [0.1, 0.15) is 0 Å². The average Bonchev–Trinajstić information content (AvgIpc) is 2.54. The molecule has 1 aromatic carbocycles. The highest BCUT2D eigenvalue weighted by molar-refractivity contribution is 6.30. The number of hydrogen-bond acceptors (Lipinski definition) is 3. The van der Waals surface area contributed by atoms with Gasteiger partial charge in [-0.15, -0.1) is 12.4 Å². The maximum atomic E-state index is 12.5. The van der Waals surface area contributed by atoms with Gasteiger partial charge < -0.3 is 21.3 Å². The molecule has 3 amide bonds. The lowest BCUT2D eigenvalue weighted by Crippen LogP contribution is -2.48. The summed E-state index contributed by atoms with van der Waals surface area (Å²) in [5.41, 5.74) is 6.05. The van der Waals surface area contributed by atoms with E-state index in [0.29, 0.717) is 24.5 Å². The largest absolute Gasteiger partial charge is 0.352 e. The molecule has 1 aliphatic heterocycles. The first-order valence-electron chi connectivity index (χ1n) is 7.87. The Morgan fingerprint density at radius 1 is 1.38 bits per heavy atom. The fourth-order valence-corrected chi connectivity index (χ4v) is 2.97. The predicted octanol–water partition coefficient (Wildman–Crippen LogP) is 2.07. The van der Waals surface area contributed by atoms with Crippen molar-refractivity contribution in [2.45, 2.75) is 25.3 Å². The van der Waals surface area contributed by atoms with Crippen LogP contribution in [-0.2, 0) is 4.79 Å². The molecule has 0 bridgehead atoms. The lowest BCUT2D eigenvalue weighted by atomic mass is 10.0. The van der Waals surface area contributed by atoms with Gasteiger partial charge in [0.25, 0.3) is 0 Å². The lowest BCUT2D eigenvalue weighted by molar-refractivity contribution is -0.134. The fourth-order valence-electron chi connectivity index (χ4n) is 2.77. The smallest absolute Gasteiger partial charge is 0.312 e. The molecule has 134 valence electrons. The first-order chi connectivity index (χ1) is 11.1. The maximum Gasteiger partial charge on any atom is 0.312 e. The molecule has 0 aliphatic carbocycles. The first kappa shape index (κ1) is 20.5. The van der Waals surface area contributed by atoms with Crippen molar-refractivity contribution in [1.29, 1.82) is 0 Å². The molecule has 0 aromatic heterocycles. The number of primary amides is 1. The Kier molecular flexibility index (Phi) is 8.89. The number of unbranched alkanes of at least 4 members (excludes halogenated alkanes) is 1. The van der Waals surface area contributed by atoms with E-state index in [1.807, 2.05) is 29.2 Å². The van der Waals surface area contributed by atoms with Crippen molar-refractivity contribution in [3.05, 3.63) is 34.9 Å². The van der Waals surface area contributed by atoms with Gasteiger partial charge in [-0.25, -0.2) is 4.79 Å². The van der Waals surface area contributed by atoms with Crippen LogP contribution < -0.4 is 16.4 Å². The number of halogens is 2. The first-order valence-corrected chi connectivity index (χ1v) is 8.24. The van der Waals surface area contributed by atoms with E-state index < -0.39 is 6.03 Å². The number of carbonyl (C=O) groups excluding carboxylic acids is 2. The number of urea groups is 1. The number of nitrogens with two attached hydrogens (primary N) is 1. The zero-order chi connectivity index (χ0) is 16.7. The number of amides is 3. The molecule has 1 aromatic rings. The normalized spacial score (nSPS) is 17.0. The number of carbonyl (C=O) groups is 2. The van der Waals surface area contributed by atoms with Crippen molar-refractivity contribution in [1.82, 2.24) is 15.5 Å². The number of hydrogen-bond donors (Lipinski definition) is 3. The molecule has 0 saturated carbocycles. The highest BCUT2D eigenvalue weighted by Crippen LogP contribution is 2.25. The summed E-state index contributed by atoms with van der Waals surface area (Å²) >= 11 is 6.07. The minimum Gasteiger partial charge on any atom is -0.352 e. The van der Waals surface area contributed by atoms with Gasteiger partial charge in [-0.05, 0) is 30.5 Å². The van der Waals surface area contributed by atoms with Gasteiger partial charge >= 0.3 is 6.03 Å². The molecule has 1 saturated heterocycles. The van der Waals surface area contributed by atoms with E-state index >= 15 is 0 Å². The Morgan fingerprint density at radius 3 is 2.88 bits per heavy atom. The number of piperazine rings is 1. The van der Waals surface area contributed by atoms with Crippen molar-refractivity contribution in [3.63, 3.8) is 0 Å². The average molecular weight is 375 g/mol. The molecular weight excluding hydrogens is 351 g/mol. The molecule has 8 heteroatoms. The van der Waals surface area contributed by atoms with Crippen molar-refractivity contribution in [2.24, 2.45) is 5.73 Å². The molecule has 1 fully saturated rings. The van der Waals surface area contributed by atoms with E-state index in [1.165, 1.54) is 0 Å². The van der Waals surface area contributed by atoms with Crippen LogP contribution in [0.2, 0.25) is 5.02 Å². The van der Waals surface area contributed by atoms with Gasteiger partial charge in [0.15, 0.2) is 0 Å². The second-order valence-electron chi connectivity index (χ2n) is 5.61. The number of nitrogens with one attached hydrogen (secondary N) is 2. The molecule has 4 N–H and O–H groups in total. The summed E-state index contributed by atoms with van der Waals surface area (Å²) in [4.78, 5) is 25.0. The standard InChI is InChI=1S/C16H23ClN4O2.ClH/c17-13-5-3-4-12(10-13)14-11-19-8-9-21(14)15(22)6-1-2-7-20-16(18)23;/h3-5,10,14,19H,1-2,6-9,11H2,(H3,18,20,23);1H. The van der Waals surface area contributed by atoms with Crippen molar-refractivity contribution >= 4 is 35.9 Å². The highest BCUT2D eigenvalue weighted by atomic mass is 35.5. The van der Waals surface area contributed by atoms with Crippen LogP contribution in [0.5, 0.6) is 0 Å². The molecule has 0 spiro atoms. The van der Waals surface area contributed by atoms with Crippen LogP contribution in [0.4, 0.5) is 4.79 Å². The van der Waals surface area contributed by atoms with E-state index in [9.17, 15) is 9.59 Å². The monoisotopic (exact) mass is 374 g/mol. The minimum atomic E-state index is -0.528. The second-order valence-corrected chi connectivity index (χ2v) is 6.05. The zero-order valence-electron chi connectivity index (χ0n) is 13.5. The Morgan fingerprint density at radius 2 is 2.17 bits per heavy atom. The number of rotatable bonds is 6. The summed E-state index contributed by atoms with van der Waals surface area (Å²) in [6.07, 6.45) is 1.94. The molecule has 0 radical (unpaired) electrons. The third-order valence-electron chi connectivity index (χ3n) is 3.91. The quantitative estimate of drug-likeness (QED) is 0.666. The van der Waals surface area contributed by atoms with Crippen LogP contribution in [0.3, 0.4) is 0 Å². The molecule has 1 aliphatic rings. The zero-order valence-corrected chi connectivity index (χ0v) is 15.0. The molecule has 2 rings (SSSR count). The summed E-state index contributed by atoms with van der Waals surface area (Å²) in [6, 6.07) is 7.14. The molecular formula is C16H24Cl2N4O2. The molecule has 1 heterocycles. The Bertz CT molecular complexity index is 557. The summed E-state index contributed by atoms with van der Waals surface area (Å²) in [5, 5.41) is 6.54. The van der Waals surface area contributed by atoms with Crippen LogP contribution >= 0.6 is 24.0 Å². The van der Waals surface area contributed by atoms with Gasteiger partial charge in [-0.1, -0.05) is 23.7 Å². The van der Waals surface area contributed by atoms with Gasteiger partial charge in [-0.2, -0.15) is 0 Å². The van der Waals surface area contributed by atoms with E-state index in [-0.39, 0.29) is 24.4 Å². The molecule has 1 atom stereocenters. The predicted molar refractivity (Wildman–Crippen MR) is 97.5 cm³/mol. The van der Waals surface area contributed by atoms with E-state index in [0.717, 1.165) is 31.5 Å². The molecule has 1 unspecified atom stereocenters. The van der Waals surface area contributed by atoms with Gasteiger partial charge in [-0.3, -0.25) is 4.79 Å².